The number of hydrogen-bond donors (Lipinski definition) is 1. The lowest BCUT2D eigenvalue weighted by atomic mass is 10.1. The van der Waals surface area contributed by atoms with E-state index >= 15 is 0 Å². The second kappa shape index (κ2) is 6.45. The van der Waals surface area contributed by atoms with Gasteiger partial charge in [-0.05, 0) is 43.0 Å². The first-order valence-electron chi connectivity index (χ1n) is 6.43. The Bertz CT molecular complexity index is 457. The lowest BCUT2D eigenvalue weighted by Crippen LogP contribution is -2.25. The normalized spacial score (nSPS) is 12.1. The number of hydrogen-bond acceptors (Lipinski definition) is 3. The smallest absolute Gasteiger partial charge is 0.303 e. The molecule has 1 N–H and O–H groups in total. The van der Waals surface area contributed by atoms with Crippen LogP contribution in [-0.2, 0) is 4.79 Å². The molecule has 4 nitrogen and oxygen atoms in total. The number of aryl methyl sites for hydroxylation is 2. The van der Waals surface area contributed by atoms with Crippen LogP contribution in [0, 0.1) is 19.8 Å². The van der Waals surface area contributed by atoms with E-state index in [9.17, 15) is 4.79 Å². The first kappa shape index (κ1) is 15.3. The van der Waals surface area contributed by atoms with E-state index in [4.69, 9.17) is 9.84 Å². The summed E-state index contributed by atoms with van der Waals surface area (Å²) in [4.78, 5) is 12.8. The number of carboxylic acids is 1. The van der Waals surface area contributed by atoms with Crippen LogP contribution in [0.2, 0.25) is 0 Å². The number of ether oxygens (including phenoxy) is 1. The number of aliphatic carboxylic acids is 1. The number of anilines is 1. The third-order valence-electron chi connectivity index (χ3n) is 3.32. The molecule has 0 radical (unpaired) electrons. The standard InChI is InChI=1S/C15H23NO3/c1-10(6-15(17)18)9-16(4)13-7-11(2)12(3)8-14(13)19-5/h7-8,10H,6,9H2,1-5H3,(H,17,18). The minimum absolute atomic E-state index is 0.0915. The van der Waals surface area contributed by atoms with Gasteiger partial charge in [0.25, 0.3) is 0 Å². The Hall–Kier alpha value is -1.71. The second-order valence-electron chi connectivity index (χ2n) is 5.19. The van der Waals surface area contributed by atoms with Crippen LogP contribution in [-0.4, -0.2) is 31.8 Å². The predicted molar refractivity (Wildman–Crippen MR) is 77.2 cm³/mol. The third kappa shape index (κ3) is 4.16. The van der Waals surface area contributed by atoms with Crippen LogP contribution in [0.4, 0.5) is 5.69 Å². The molecule has 106 valence electrons. The first-order valence-corrected chi connectivity index (χ1v) is 6.43. The Morgan fingerprint density at radius 2 is 1.95 bits per heavy atom. The number of rotatable bonds is 6. The van der Waals surface area contributed by atoms with Crippen LogP contribution in [0.5, 0.6) is 5.75 Å². The fourth-order valence-corrected chi connectivity index (χ4v) is 2.16. The first-order chi connectivity index (χ1) is 8.85. The van der Waals surface area contributed by atoms with Gasteiger partial charge in [-0.15, -0.1) is 0 Å². The average Bonchev–Trinajstić information content (AvgIpc) is 2.30. The minimum Gasteiger partial charge on any atom is -0.495 e. The molecule has 0 saturated heterocycles. The number of benzene rings is 1. The summed E-state index contributed by atoms with van der Waals surface area (Å²) < 4.78 is 5.41. The number of nitrogens with zero attached hydrogens (tertiary/aromatic N) is 1. The highest BCUT2D eigenvalue weighted by Crippen LogP contribution is 2.31. The van der Waals surface area contributed by atoms with Crippen LogP contribution >= 0.6 is 0 Å². The molecule has 4 heteroatoms. The molecule has 19 heavy (non-hydrogen) atoms. The van der Waals surface area contributed by atoms with Crippen LogP contribution in [0.15, 0.2) is 12.1 Å². The van der Waals surface area contributed by atoms with Gasteiger partial charge >= 0.3 is 5.97 Å². The van der Waals surface area contributed by atoms with Crippen LogP contribution in [0.1, 0.15) is 24.5 Å². The molecule has 0 aliphatic rings. The molecule has 1 aromatic rings. The monoisotopic (exact) mass is 265 g/mol. The zero-order valence-electron chi connectivity index (χ0n) is 12.4. The van der Waals surface area contributed by atoms with E-state index in [1.807, 2.05) is 20.0 Å². The van der Waals surface area contributed by atoms with E-state index in [2.05, 4.69) is 24.8 Å². The zero-order valence-corrected chi connectivity index (χ0v) is 12.4. The van der Waals surface area contributed by atoms with Gasteiger partial charge in [0.1, 0.15) is 5.75 Å². The van der Waals surface area contributed by atoms with Gasteiger partial charge in [0.15, 0.2) is 0 Å². The van der Waals surface area contributed by atoms with Crippen molar-refractivity contribution in [1.29, 1.82) is 0 Å². The fraction of sp³-hybridized carbons (Fsp3) is 0.533. The van der Waals surface area contributed by atoms with Gasteiger partial charge in [0.2, 0.25) is 0 Å². The average molecular weight is 265 g/mol. The van der Waals surface area contributed by atoms with Gasteiger partial charge < -0.3 is 14.7 Å². The van der Waals surface area contributed by atoms with Crippen LogP contribution < -0.4 is 9.64 Å². The Kier molecular flexibility index (Phi) is 5.21. The molecule has 1 atom stereocenters. The molecular weight excluding hydrogens is 242 g/mol. The maximum absolute atomic E-state index is 10.7. The highest BCUT2D eigenvalue weighted by atomic mass is 16.5. The van der Waals surface area contributed by atoms with Crippen molar-refractivity contribution < 1.29 is 14.6 Å². The van der Waals surface area contributed by atoms with Gasteiger partial charge in [-0.25, -0.2) is 0 Å². The minimum atomic E-state index is -0.757. The summed E-state index contributed by atoms with van der Waals surface area (Å²) >= 11 is 0. The molecule has 0 aliphatic carbocycles. The summed E-state index contributed by atoms with van der Waals surface area (Å²) in [6, 6.07) is 4.10. The number of carbonyl (C=O) groups is 1. The maximum atomic E-state index is 10.7. The summed E-state index contributed by atoms with van der Waals surface area (Å²) in [7, 11) is 3.62. The van der Waals surface area contributed by atoms with Crippen LogP contribution in [0.3, 0.4) is 0 Å². The summed E-state index contributed by atoms with van der Waals surface area (Å²) in [5.74, 6) is 0.162. The van der Waals surface area contributed by atoms with E-state index in [1.165, 1.54) is 11.1 Å². The predicted octanol–water partition coefficient (Wildman–Crippen LogP) is 2.86. The van der Waals surface area contributed by atoms with E-state index < -0.39 is 5.97 Å². The zero-order chi connectivity index (χ0) is 14.6. The molecule has 0 bridgehead atoms. The van der Waals surface area contributed by atoms with Crippen molar-refractivity contribution in [1.82, 2.24) is 0 Å². The summed E-state index contributed by atoms with van der Waals surface area (Å²) in [6.07, 6.45) is 0.178. The summed E-state index contributed by atoms with van der Waals surface area (Å²) in [5, 5.41) is 8.81. The summed E-state index contributed by atoms with van der Waals surface area (Å²) in [6.45, 7) is 6.74. The molecule has 0 spiro atoms. The van der Waals surface area contributed by atoms with Crippen molar-refractivity contribution in [3.8, 4) is 5.75 Å². The van der Waals surface area contributed by atoms with Gasteiger partial charge in [0.05, 0.1) is 12.8 Å². The molecular formula is C15H23NO3. The van der Waals surface area contributed by atoms with E-state index in [0.29, 0.717) is 6.54 Å². The fourth-order valence-electron chi connectivity index (χ4n) is 2.16. The molecule has 0 fully saturated rings. The Balaban J connectivity index is 2.89. The molecule has 0 saturated carbocycles. The summed E-state index contributed by atoms with van der Waals surface area (Å²) in [5.41, 5.74) is 3.39. The Morgan fingerprint density at radius 3 is 2.47 bits per heavy atom. The second-order valence-corrected chi connectivity index (χ2v) is 5.19. The number of carboxylic acid groups (broad SMARTS) is 1. The topological polar surface area (TPSA) is 49.8 Å². The number of methoxy groups -OCH3 is 1. The largest absolute Gasteiger partial charge is 0.495 e. The molecule has 1 aromatic carbocycles. The van der Waals surface area contributed by atoms with Gasteiger partial charge in [-0.1, -0.05) is 6.92 Å². The van der Waals surface area contributed by atoms with Gasteiger partial charge in [0, 0.05) is 20.0 Å². The molecule has 1 rings (SSSR count). The Morgan fingerprint density at radius 1 is 1.37 bits per heavy atom. The molecule has 0 heterocycles. The van der Waals surface area contributed by atoms with Gasteiger partial charge in [-0.3, -0.25) is 4.79 Å². The van der Waals surface area contributed by atoms with E-state index in [1.54, 1.807) is 7.11 Å². The molecule has 1 unspecified atom stereocenters. The highest BCUT2D eigenvalue weighted by Gasteiger charge is 2.15. The van der Waals surface area contributed by atoms with E-state index in [-0.39, 0.29) is 12.3 Å². The van der Waals surface area contributed by atoms with Crippen molar-refractivity contribution in [2.24, 2.45) is 5.92 Å². The van der Waals surface area contributed by atoms with Crippen LogP contribution in [0.25, 0.3) is 0 Å². The lowest BCUT2D eigenvalue weighted by Gasteiger charge is -2.25. The van der Waals surface area contributed by atoms with Crippen molar-refractivity contribution >= 4 is 11.7 Å². The van der Waals surface area contributed by atoms with Crippen molar-refractivity contribution in [3.05, 3.63) is 23.3 Å². The van der Waals surface area contributed by atoms with Crippen molar-refractivity contribution in [2.75, 3.05) is 25.6 Å². The molecule has 0 aromatic heterocycles. The third-order valence-corrected chi connectivity index (χ3v) is 3.32. The molecule has 0 amide bonds. The quantitative estimate of drug-likeness (QED) is 0.859. The van der Waals surface area contributed by atoms with E-state index in [0.717, 1.165) is 11.4 Å². The highest BCUT2D eigenvalue weighted by molar-refractivity contribution is 5.67. The Labute approximate surface area is 115 Å². The van der Waals surface area contributed by atoms with Crippen molar-refractivity contribution in [3.63, 3.8) is 0 Å². The van der Waals surface area contributed by atoms with Crippen molar-refractivity contribution in [2.45, 2.75) is 27.2 Å². The lowest BCUT2D eigenvalue weighted by molar-refractivity contribution is -0.137. The van der Waals surface area contributed by atoms with Gasteiger partial charge in [-0.2, -0.15) is 0 Å². The SMILES string of the molecule is COc1cc(C)c(C)cc1N(C)CC(C)CC(=O)O. The molecule has 0 aliphatic heterocycles. The maximum Gasteiger partial charge on any atom is 0.303 e.